The van der Waals surface area contributed by atoms with Crippen molar-refractivity contribution < 1.29 is 19.0 Å². The zero-order chi connectivity index (χ0) is 19.9. The highest BCUT2D eigenvalue weighted by Crippen LogP contribution is 2.21. The Morgan fingerprint density at radius 3 is 2.61 bits per heavy atom. The highest BCUT2D eigenvalue weighted by molar-refractivity contribution is 5.67. The SMILES string of the molecule is COc1ccc(Nc2cc(OC3CCN(C(=O)OC(C)C)CC3)ncn2)cn1. The number of aromatic nitrogens is 3. The van der Waals surface area contributed by atoms with Crippen LogP contribution in [0.1, 0.15) is 26.7 Å². The summed E-state index contributed by atoms with van der Waals surface area (Å²) in [5, 5.41) is 3.15. The molecule has 1 aliphatic rings. The molecule has 0 aliphatic carbocycles. The number of ether oxygens (including phenoxy) is 3. The standard InChI is InChI=1S/C19H25N5O4/c1-13(2)27-19(25)24-8-6-15(7-9-24)28-18-10-16(21-12-22-18)23-14-4-5-17(26-3)20-11-14/h4-5,10-13,15H,6-9H2,1-3H3,(H,21,22,23). The van der Waals surface area contributed by atoms with Gasteiger partial charge in [-0.15, -0.1) is 0 Å². The number of hydrogen-bond acceptors (Lipinski definition) is 8. The average molecular weight is 387 g/mol. The van der Waals surface area contributed by atoms with Crippen LogP contribution in [-0.2, 0) is 4.74 Å². The van der Waals surface area contributed by atoms with Gasteiger partial charge in [-0.2, -0.15) is 0 Å². The van der Waals surface area contributed by atoms with E-state index in [1.807, 2.05) is 19.9 Å². The van der Waals surface area contributed by atoms with Crippen LogP contribution in [0.4, 0.5) is 16.3 Å². The number of piperidine rings is 1. The van der Waals surface area contributed by atoms with Gasteiger partial charge in [0.2, 0.25) is 11.8 Å². The van der Waals surface area contributed by atoms with E-state index < -0.39 is 0 Å². The Hall–Kier alpha value is -3.10. The van der Waals surface area contributed by atoms with Gasteiger partial charge in [0.05, 0.1) is 25.1 Å². The molecule has 0 aromatic carbocycles. The molecule has 1 N–H and O–H groups in total. The van der Waals surface area contributed by atoms with Crippen LogP contribution in [0, 0.1) is 0 Å². The molecule has 0 bridgehead atoms. The van der Waals surface area contributed by atoms with Crippen LogP contribution < -0.4 is 14.8 Å². The molecule has 150 valence electrons. The molecular formula is C19H25N5O4. The maximum Gasteiger partial charge on any atom is 0.410 e. The number of nitrogens with one attached hydrogen (secondary N) is 1. The van der Waals surface area contributed by atoms with Gasteiger partial charge in [-0.1, -0.05) is 0 Å². The fraction of sp³-hybridized carbons (Fsp3) is 0.474. The largest absolute Gasteiger partial charge is 0.481 e. The maximum absolute atomic E-state index is 12.0. The van der Waals surface area contributed by atoms with Gasteiger partial charge in [-0.05, 0) is 19.9 Å². The first kappa shape index (κ1) is 19.7. The number of nitrogens with zero attached hydrogens (tertiary/aromatic N) is 4. The molecular weight excluding hydrogens is 362 g/mol. The second-order valence-corrected chi connectivity index (χ2v) is 6.69. The Balaban J connectivity index is 1.53. The van der Waals surface area contributed by atoms with Crippen molar-refractivity contribution in [3.8, 4) is 11.8 Å². The molecule has 0 spiro atoms. The lowest BCUT2D eigenvalue weighted by Crippen LogP contribution is -2.42. The molecule has 9 heteroatoms. The molecule has 3 heterocycles. The Labute approximate surface area is 164 Å². The monoisotopic (exact) mass is 387 g/mol. The summed E-state index contributed by atoms with van der Waals surface area (Å²) in [4.78, 5) is 26.2. The molecule has 28 heavy (non-hydrogen) atoms. The lowest BCUT2D eigenvalue weighted by Gasteiger charge is -2.31. The normalized spacial score (nSPS) is 14.6. The Morgan fingerprint density at radius 2 is 1.96 bits per heavy atom. The van der Waals surface area contributed by atoms with E-state index >= 15 is 0 Å². The van der Waals surface area contributed by atoms with E-state index in [9.17, 15) is 4.79 Å². The average Bonchev–Trinajstić information content (AvgIpc) is 2.69. The van der Waals surface area contributed by atoms with E-state index in [4.69, 9.17) is 14.2 Å². The first-order chi connectivity index (χ1) is 13.5. The summed E-state index contributed by atoms with van der Waals surface area (Å²) in [5.74, 6) is 1.64. The summed E-state index contributed by atoms with van der Waals surface area (Å²) >= 11 is 0. The van der Waals surface area contributed by atoms with Gasteiger partial charge in [0.25, 0.3) is 0 Å². The third-order valence-electron chi connectivity index (χ3n) is 4.18. The van der Waals surface area contributed by atoms with Crippen LogP contribution in [0.15, 0.2) is 30.7 Å². The number of rotatable bonds is 6. The second kappa shape index (κ2) is 9.20. The first-order valence-corrected chi connectivity index (χ1v) is 9.25. The topological polar surface area (TPSA) is 98.7 Å². The van der Waals surface area contributed by atoms with Crippen LogP contribution in [-0.4, -0.2) is 58.4 Å². The fourth-order valence-corrected chi connectivity index (χ4v) is 2.80. The van der Waals surface area contributed by atoms with Crippen molar-refractivity contribution in [2.24, 2.45) is 0 Å². The number of likely N-dealkylation sites (tertiary alicyclic amines) is 1. The van der Waals surface area contributed by atoms with Crippen molar-refractivity contribution >= 4 is 17.6 Å². The number of methoxy groups -OCH3 is 1. The third kappa shape index (κ3) is 5.45. The lowest BCUT2D eigenvalue weighted by molar-refractivity contribution is 0.0507. The van der Waals surface area contributed by atoms with Gasteiger partial charge in [0.1, 0.15) is 18.2 Å². The summed E-state index contributed by atoms with van der Waals surface area (Å²) in [5.41, 5.74) is 0.780. The number of anilines is 2. The van der Waals surface area contributed by atoms with Gasteiger partial charge in [0, 0.05) is 38.1 Å². The quantitative estimate of drug-likeness (QED) is 0.808. The van der Waals surface area contributed by atoms with Crippen LogP contribution in [0.25, 0.3) is 0 Å². The van der Waals surface area contributed by atoms with Gasteiger partial charge < -0.3 is 24.4 Å². The molecule has 0 saturated carbocycles. The minimum absolute atomic E-state index is 0.00602. The fourth-order valence-electron chi connectivity index (χ4n) is 2.80. The Bertz CT molecular complexity index is 776. The molecule has 0 unspecified atom stereocenters. The zero-order valence-corrected chi connectivity index (χ0v) is 16.3. The number of amides is 1. The number of hydrogen-bond donors (Lipinski definition) is 1. The smallest absolute Gasteiger partial charge is 0.410 e. The van der Waals surface area contributed by atoms with E-state index in [2.05, 4.69) is 20.3 Å². The van der Waals surface area contributed by atoms with E-state index in [0.29, 0.717) is 30.7 Å². The van der Waals surface area contributed by atoms with E-state index in [-0.39, 0.29) is 18.3 Å². The number of pyridine rings is 1. The first-order valence-electron chi connectivity index (χ1n) is 9.25. The summed E-state index contributed by atoms with van der Waals surface area (Å²) in [6, 6.07) is 5.35. The molecule has 1 fully saturated rings. The molecule has 2 aromatic rings. The van der Waals surface area contributed by atoms with E-state index in [1.54, 1.807) is 30.3 Å². The predicted octanol–water partition coefficient (Wildman–Crippen LogP) is 3.01. The second-order valence-electron chi connectivity index (χ2n) is 6.69. The summed E-state index contributed by atoms with van der Waals surface area (Å²) in [7, 11) is 1.57. The highest BCUT2D eigenvalue weighted by atomic mass is 16.6. The molecule has 9 nitrogen and oxygen atoms in total. The van der Waals surface area contributed by atoms with Gasteiger partial charge in [-0.3, -0.25) is 0 Å². The van der Waals surface area contributed by atoms with Crippen LogP contribution >= 0.6 is 0 Å². The Morgan fingerprint density at radius 1 is 1.18 bits per heavy atom. The van der Waals surface area contributed by atoms with Crippen molar-refractivity contribution in [3.05, 3.63) is 30.7 Å². The molecule has 1 amide bonds. The molecule has 0 atom stereocenters. The van der Waals surface area contributed by atoms with Gasteiger partial charge in [-0.25, -0.2) is 19.7 Å². The van der Waals surface area contributed by atoms with Crippen molar-refractivity contribution in [2.75, 3.05) is 25.5 Å². The molecule has 0 radical (unpaired) electrons. The number of carbonyl (C=O) groups excluding carboxylic acids is 1. The van der Waals surface area contributed by atoms with Crippen LogP contribution in [0.3, 0.4) is 0 Å². The minimum Gasteiger partial charge on any atom is -0.481 e. The zero-order valence-electron chi connectivity index (χ0n) is 16.3. The van der Waals surface area contributed by atoms with Crippen molar-refractivity contribution in [2.45, 2.75) is 38.9 Å². The molecule has 1 saturated heterocycles. The van der Waals surface area contributed by atoms with Crippen LogP contribution in [0.2, 0.25) is 0 Å². The maximum atomic E-state index is 12.0. The van der Waals surface area contributed by atoms with Crippen LogP contribution in [0.5, 0.6) is 11.8 Å². The number of carbonyl (C=O) groups is 1. The van der Waals surface area contributed by atoms with Crippen molar-refractivity contribution in [1.82, 2.24) is 19.9 Å². The minimum atomic E-state index is -0.268. The predicted molar refractivity (Wildman–Crippen MR) is 103 cm³/mol. The molecule has 1 aliphatic heterocycles. The molecule has 2 aromatic heterocycles. The lowest BCUT2D eigenvalue weighted by atomic mass is 10.1. The third-order valence-corrected chi connectivity index (χ3v) is 4.18. The van der Waals surface area contributed by atoms with E-state index in [1.165, 1.54) is 6.33 Å². The summed E-state index contributed by atoms with van der Waals surface area (Å²) in [6.07, 6.45) is 4.17. The highest BCUT2D eigenvalue weighted by Gasteiger charge is 2.25. The Kier molecular flexibility index (Phi) is 6.46. The van der Waals surface area contributed by atoms with Gasteiger partial charge >= 0.3 is 6.09 Å². The summed E-state index contributed by atoms with van der Waals surface area (Å²) in [6.45, 7) is 4.89. The summed E-state index contributed by atoms with van der Waals surface area (Å²) < 4.78 is 16.3. The van der Waals surface area contributed by atoms with Gasteiger partial charge in [0.15, 0.2) is 0 Å². The van der Waals surface area contributed by atoms with Crippen molar-refractivity contribution in [3.63, 3.8) is 0 Å². The molecule has 3 rings (SSSR count). The van der Waals surface area contributed by atoms with Crippen molar-refractivity contribution in [1.29, 1.82) is 0 Å². The van der Waals surface area contributed by atoms with E-state index in [0.717, 1.165) is 18.5 Å².